The number of thiophene rings is 1. The van der Waals surface area contributed by atoms with Gasteiger partial charge in [0.15, 0.2) is 0 Å². The van der Waals surface area contributed by atoms with Crippen molar-refractivity contribution in [2.24, 2.45) is 5.92 Å². The highest BCUT2D eigenvalue weighted by molar-refractivity contribution is 7.14. The highest BCUT2D eigenvalue weighted by Crippen LogP contribution is 2.28. The fraction of sp³-hybridized carbons (Fsp3) is 0.385. The van der Waals surface area contributed by atoms with E-state index in [-0.39, 0.29) is 17.9 Å². The van der Waals surface area contributed by atoms with Gasteiger partial charge in [-0.3, -0.25) is 19.6 Å². The van der Waals surface area contributed by atoms with E-state index in [0.29, 0.717) is 27.9 Å². The number of nitrogens with one attached hydrogen (secondary N) is 3. The first kappa shape index (κ1) is 26.6. The zero-order valence-corrected chi connectivity index (χ0v) is 22.3. The van der Waals surface area contributed by atoms with Crippen molar-refractivity contribution in [2.45, 2.75) is 59.5 Å². The van der Waals surface area contributed by atoms with Gasteiger partial charge in [-0.05, 0) is 69.9 Å². The number of aryl methyl sites for hydroxylation is 2. The molecule has 186 valence electrons. The van der Waals surface area contributed by atoms with Gasteiger partial charge in [-0.25, -0.2) is 0 Å². The van der Waals surface area contributed by atoms with Gasteiger partial charge in [0, 0.05) is 28.7 Å². The summed E-state index contributed by atoms with van der Waals surface area (Å²) in [5.74, 6) is -0.0840. The number of rotatable bonds is 10. The van der Waals surface area contributed by atoms with Crippen LogP contribution in [-0.2, 0) is 4.79 Å². The van der Waals surface area contributed by atoms with Crippen molar-refractivity contribution in [1.82, 2.24) is 15.3 Å². The third-order valence-electron chi connectivity index (χ3n) is 5.52. The summed E-state index contributed by atoms with van der Waals surface area (Å²) in [5.41, 5.74) is 3.17. The zero-order valence-electron chi connectivity index (χ0n) is 20.7. The molecule has 3 aromatic heterocycles. The minimum atomic E-state index is -0.639. The molecule has 3 rings (SSSR count). The van der Waals surface area contributed by atoms with Crippen LogP contribution in [0, 0.1) is 19.8 Å². The maximum Gasteiger partial charge on any atom is 0.262 e. The van der Waals surface area contributed by atoms with E-state index < -0.39 is 6.04 Å². The van der Waals surface area contributed by atoms with Crippen molar-refractivity contribution in [3.05, 3.63) is 68.9 Å². The molecule has 0 aliphatic heterocycles. The van der Waals surface area contributed by atoms with Gasteiger partial charge in [0.2, 0.25) is 5.91 Å². The molecular formula is C26H32ClN5O2S. The Hall–Kier alpha value is -2.97. The minimum absolute atomic E-state index is 0.0458. The summed E-state index contributed by atoms with van der Waals surface area (Å²) in [6, 6.07) is 8.41. The number of hydrogen-bond acceptors (Lipinski definition) is 6. The summed E-state index contributed by atoms with van der Waals surface area (Å²) >= 11 is 7.48. The van der Waals surface area contributed by atoms with E-state index in [1.165, 1.54) is 11.3 Å². The molecule has 0 radical (unpaired) electrons. The average Bonchev–Trinajstić information content (AvgIpc) is 3.29. The topological polar surface area (TPSA) is 96.0 Å². The molecule has 0 fully saturated rings. The molecule has 0 spiro atoms. The normalized spacial score (nSPS) is 12.8. The molecule has 0 aromatic carbocycles. The molecule has 2 unspecified atom stereocenters. The molecule has 0 saturated carbocycles. The predicted molar refractivity (Wildman–Crippen MR) is 143 cm³/mol. The average molecular weight is 514 g/mol. The van der Waals surface area contributed by atoms with Gasteiger partial charge in [-0.15, -0.1) is 11.3 Å². The Morgan fingerprint density at radius 1 is 1.06 bits per heavy atom. The van der Waals surface area contributed by atoms with Crippen molar-refractivity contribution >= 4 is 46.1 Å². The van der Waals surface area contributed by atoms with Crippen LogP contribution in [0.15, 0.2) is 42.7 Å². The third-order valence-corrected chi connectivity index (χ3v) is 7.00. The van der Waals surface area contributed by atoms with Crippen LogP contribution in [0.2, 0.25) is 5.02 Å². The first-order chi connectivity index (χ1) is 16.6. The number of halogens is 1. The first-order valence-corrected chi connectivity index (χ1v) is 12.8. The van der Waals surface area contributed by atoms with Crippen molar-refractivity contribution in [2.75, 3.05) is 10.6 Å². The summed E-state index contributed by atoms with van der Waals surface area (Å²) in [6.07, 6.45) is 4.63. The largest absolute Gasteiger partial charge is 0.376 e. The van der Waals surface area contributed by atoms with Crippen LogP contribution in [0.25, 0.3) is 0 Å². The van der Waals surface area contributed by atoms with E-state index in [1.54, 1.807) is 30.6 Å². The second kappa shape index (κ2) is 12.1. The van der Waals surface area contributed by atoms with Gasteiger partial charge in [0.05, 0.1) is 27.3 Å². The van der Waals surface area contributed by atoms with Crippen LogP contribution in [0.1, 0.15) is 65.6 Å². The lowest BCUT2D eigenvalue weighted by molar-refractivity contribution is -0.118. The first-order valence-electron chi connectivity index (χ1n) is 11.6. The number of nitrogens with zero attached hydrogens (tertiary/aromatic N) is 2. The molecule has 0 aliphatic rings. The van der Waals surface area contributed by atoms with E-state index >= 15 is 0 Å². The van der Waals surface area contributed by atoms with Gasteiger partial charge in [0.25, 0.3) is 5.91 Å². The second-order valence-electron chi connectivity index (χ2n) is 9.03. The molecular weight excluding hydrogens is 482 g/mol. The van der Waals surface area contributed by atoms with Crippen molar-refractivity contribution in [3.8, 4) is 0 Å². The van der Waals surface area contributed by atoms with E-state index in [9.17, 15) is 9.59 Å². The summed E-state index contributed by atoms with van der Waals surface area (Å²) in [7, 11) is 0. The van der Waals surface area contributed by atoms with Crippen LogP contribution >= 0.6 is 22.9 Å². The number of aromatic nitrogens is 2. The molecule has 3 heterocycles. The van der Waals surface area contributed by atoms with Gasteiger partial charge in [0.1, 0.15) is 6.04 Å². The van der Waals surface area contributed by atoms with Crippen molar-refractivity contribution in [3.63, 3.8) is 0 Å². The molecule has 35 heavy (non-hydrogen) atoms. The Labute approximate surface area is 215 Å². The summed E-state index contributed by atoms with van der Waals surface area (Å²) < 4.78 is 0. The standard InChI is InChI=1S/C26H32ClN5O2S/c1-15(2)6-7-21(25(33)31-20-10-11-28-16(3)12-20)32-26(34)24-9-8-23(35-24)18(5)30-22-13-19(27)14-29-17(22)4/h8-15,18,21,30H,6-7H2,1-5H3,(H,32,34)(H,28,31,33). The Balaban J connectivity index is 1.68. The summed E-state index contributed by atoms with van der Waals surface area (Å²) in [4.78, 5) is 36.1. The minimum Gasteiger partial charge on any atom is -0.376 e. The van der Waals surface area contributed by atoms with Gasteiger partial charge >= 0.3 is 0 Å². The van der Waals surface area contributed by atoms with E-state index in [1.807, 2.05) is 32.9 Å². The monoisotopic (exact) mass is 513 g/mol. The smallest absolute Gasteiger partial charge is 0.262 e. The number of hydrogen-bond donors (Lipinski definition) is 3. The molecule has 0 aliphatic carbocycles. The quantitative estimate of drug-likeness (QED) is 0.302. The molecule has 3 aromatic rings. The summed E-state index contributed by atoms with van der Waals surface area (Å²) in [6.45, 7) is 9.99. The fourth-order valence-corrected chi connectivity index (χ4v) is 4.59. The number of carbonyl (C=O) groups is 2. The van der Waals surface area contributed by atoms with Crippen LogP contribution in [0.4, 0.5) is 11.4 Å². The molecule has 7 nitrogen and oxygen atoms in total. The third kappa shape index (κ3) is 7.77. The van der Waals surface area contributed by atoms with Gasteiger partial charge in [-0.1, -0.05) is 25.4 Å². The van der Waals surface area contributed by atoms with Crippen LogP contribution in [0.5, 0.6) is 0 Å². The number of pyridine rings is 2. The lowest BCUT2D eigenvalue weighted by Gasteiger charge is -2.19. The number of carbonyl (C=O) groups excluding carboxylic acids is 2. The molecule has 2 amide bonds. The van der Waals surface area contributed by atoms with Crippen molar-refractivity contribution in [1.29, 1.82) is 0 Å². The van der Waals surface area contributed by atoms with Gasteiger partial charge < -0.3 is 16.0 Å². The number of amides is 2. The number of anilines is 2. The molecule has 3 N–H and O–H groups in total. The predicted octanol–water partition coefficient (Wildman–Crippen LogP) is 6.15. The fourth-order valence-electron chi connectivity index (χ4n) is 3.52. The van der Waals surface area contributed by atoms with E-state index in [0.717, 1.165) is 28.4 Å². The van der Waals surface area contributed by atoms with E-state index in [2.05, 4.69) is 39.8 Å². The Kier molecular flexibility index (Phi) is 9.23. The highest BCUT2D eigenvalue weighted by atomic mass is 35.5. The van der Waals surface area contributed by atoms with Crippen LogP contribution in [-0.4, -0.2) is 27.8 Å². The van der Waals surface area contributed by atoms with Crippen LogP contribution < -0.4 is 16.0 Å². The molecule has 0 bridgehead atoms. The maximum atomic E-state index is 13.1. The second-order valence-corrected chi connectivity index (χ2v) is 10.6. The molecule has 0 saturated heterocycles. The Bertz CT molecular complexity index is 1180. The van der Waals surface area contributed by atoms with Crippen LogP contribution in [0.3, 0.4) is 0 Å². The highest BCUT2D eigenvalue weighted by Gasteiger charge is 2.23. The zero-order chi connectivity index (χ0) is 25.5. The maximum absolute atomic E-state index is 13.1. The molecule has 2 atom stereocenters. The molecule has 9 heteroatoms. The Morgan fingerprint density at radius 3 is 2.54 bits per heavy atom. The van der Waals surface area contributed by atoms with E-state index in [4.69, 9.17) is 11.6 Å². The Morgan fingerprint density at radius 2 is 1.83 bits per heavy atom. The van der Waals surface area contributed by atoms with Crippen molar-refractivity contribution < 1.29 is 9.59 Å². The summed E-state index contributed by atoms with van der Waals surface area (Å²) in [5, 5.41) is 9.81. The lowest BCUT2D eigenvalue weighted by atomic mass is 10.0. The lowest BCUT2D eigenvalue weighted by Crippen LogP contribution is -2.43. The SMILES string of the molecule is Cc1cc(NC(=O)C(CCC(C)C)NC(=O)c2ccc(C(C)Nc3cc(Cl)cnc3C)s2)ccn1. The van der Waals surface area contributed by atoms with Gasteiger partial charge in [-0.2, -0.15) is 0 Å².